The summed E-state index contributed by atoms with van der Waals surface area (Å²) in [5.41, 5.74) is 1.87. The fourth-order valence-electron chi connectivity index (χ4n) is 1.86. The van der Waals surface area contributed by atoms with E-state index in [1.54, 1.807) is 18.3 Å². The van der Waals surface area contributed by atoms with Gasteiger partial charge in [0.2, 0.25) is 0 Å². The molecule has 2 heterocycles. The van der Waals surface area contributed by atoms with Crippen LogP contribution in [0.4, 0.5) is 0 Å². The van der Waals surface area contributed by atoms with Crippen LogP contribution in [0, 0.1) is 0 Å². The van der Waals surface area contributed by atoms with Crippen LogP contribution in [0.25, 0.3) is 0 Å². The highest BCUT2D eigenvalue weighted by Crippen LogP contribution is 2.25. The summed E-state index contributed by atoms with van der Waals surface area (Å²) in [6, 6.07) is 3.55. The highest BCUT2D eigenvalue weighted by molar-refractivity contribution is 6.34. The highest BCUT2D eigenvalue weighted by Gasteiger charge is 2.19. The van der Waals surface area contributed by atoms with Gasteiger partial charge in [0.25, 0.3) is 0 Å². The van der Waals surface area contributed by atoms with Crippen molar-refractivity contribution in [3.05, 3.63) is 41.7 Å². The molecule has 0 aromatic carbocycles. The fourth-order valence-corrected chi connectivity index (χ4v) is 1.86. The predicted octanol–water partition coefficient (Wildman–Crippen LogP) is 1.58. The van der Waals surface area contributed by atoms with Crippen molar-refractivity contribution in [2.45, 2.75) is 18.9 Å². The molecule has 86 valence electrons. The molecule has 0 amide bonds. The second-order valence-corrected chi connectivity index (χ2v) is 3.93. The Morgan fingerprint density at radius 2 is 2.06 bits per heavy atom. The molecule has 17 heavy (non-hydrogen) atoms. The minimum Gasteiger partial charge on any atom is -0.296 e. The first-order chi connectivity index (χ1) is 8.24. The van der Waals surface area contributed by atoms with Crippen molar-refractivity contribution in [2.24, 2.45) is 4.99 Å². The van der Waals surface area contributed by atoms with E-state index in [2.05, 4.69) is 9.98 Å². The van der Waals surface area contributed by atoms with Crippen LogP contribution in [-0.2, 0) is 4.79 Å². The third-order valence-electron chi connectivity index (χ3n) is 2.78. The van der Waals surface area contributed by atoms with Gasteiger partial charge in [-0.05, 0) is 24.6 Å². The zero-order chi connectivity index (χ0) is 12.3. The normalized spacial score (nSPS) is 23.0. The Labute approximate surface area is 99.1 Å². The number of pyridine rings is 1. The van der Waals surface area contributed by atoms with Gasteiger partial charge in [0.15, 0.2) is 12.6 Å². The van der Waals surface area contributed by atoms with Gasteiger partial charge in [-0.25, -0.2) is 0 Å². The van der Waals surface area contributed by atoms with E-state index in [1.807, 2.05) is 19.1 Å². The summed E-state index contributed by atoms with van der Waals surface area (Å²) in [4.78, 5) is 29.4. The molecular formula is C13H12N2O2. The molecule has 1 aliphatic heterocycles. The van der Waals surface area contributed by atoms with Crippen molar-refractivity contribution in [1.29, 1.82) is 0 Å². The van der Waals surface area contributed by atoms with Crippen LogP contribution < -0.4 is 0 Å². The number of hydrogen-bond donors (Lipinski definition) is 0. The second kappa shape index (κ2) is 4.82. The minimum absolute atomic E-state index is 0.00378. The van der Waals surface area contributed by atoms with Crippen molar-refractivity contribution < 1.29 is 9.59 Å². The number of aromatic nitrogens is 1. The molecule has 4 heteroatoms. The minimum atomic E-state index is 0.00378. The molecule has 0 spiro atoms. The first-order valence-electron chi connectivity index (χ1n) is 5.37. The Morgan fingerprint density at radius 3 is 2.59 bits per heavy atom. The van der Waals surface area contributed by atoms with Crippen LogP contribution in [0.2, 0.25) is 0 Å². The Hall–Kier alpha value is -2.10. The lowest BCUT2D eigenvalue weighted by Gasteiger charge is -2.21. The quantitative estimate of drug-likeness (QED) is 0.738. The maximum Gasteiger partial charge on any atom is 0.168 e. The number of carbonyl (C=O) groups is 2. The first-order valence-corrected chi connectivity index (χ1v) is 5.37. The molecule has 2 rings (SSSR count). The van der Waals surface area contributed by atoms with E-state index in [4.69, 9.17) is 0 Å². The average molecular weight is 228 g/mol. The number of carbonyl (C=O) groups excluding carboxylic acids is 2. The molecule has 0 aliphatic carbocycles. The van der Waals surface area contributed by atoms with E-state index in [0.29, 0.717) is 17.7 Å². The van der Waals surface area contributed by atoms with E-state index in [1.165, 1.54) is 0 Å². The van der Waals surface area contributed by atoms with Gasteiger partial charge in [-0.15, -0.1) is 0 Å². The van der Waals surface area contributed by atoms with Gasteiger partial charge >= 0.3 is 0 Å². The summed E-state index contributed by atoms with van der Waals surface area (Å²) < 4.78 is 0. The highest BCUT2D eigenvalue weighted by atomic mass is 16.1. The van der Waals surface area contributed by atoms with Crippen LogP contribution in [0.5, 0.6) is 0 Å². The van der Waals surface area contributed by atoms with Crippen LogP contribution in [0.3, 0.4) is 0 Å². The van der Waals surface area contributed by atoms with Crippen molar-refractivity contribution >= 4 is 18.3 Å². The number of hydrogen-bond acceptors (Lipinski definition) is 4. The van der Waals surface area contributed by atoms with Gasteiger partial charge in [-0.2, -0.15) is 0 Å². The number of dihydropyridines is 1. The standard InChI is InChI=1S/C13H12N2O2/c1-9-13(5-4-12(8-17)15-9)10-2-3-11(7-16)14-6-10/h2-9,13H,1H3. The SMILES string of the molecule is CC1N=C(C=O)C=CC1c1ccc(C=O)nc1. The molecular weight excluding hydrogens is 216 g/mol. The average Bonchev–Trinajstić information content (AvgIpc) is 2.39. The van der Waals surface area contributed by atoms with Crippen molar-refractivity contribution in [2.75, 3.05) is 0 Å². The Morgan fingerprint density at radius 1 is 1.24 bits per heavy atom. The molecule has 2 unspecified atom stereocenters. The number of aldehydes is 2. The van der Waals surface area contributed by atoms with Gasteiger partial charge < -0.3 is 0 Å². The lowest BCUT2D eigenvalue weighted by molar-refractivity contribution is -0.102. The molecule has 0 N–H and O–H groups in total. The summed E-state index contributed by atoms with van der Waals surface area (Å²) in [6.07, 6.45) is 6.80. The molecule has 1 aromatic rings. The van der Waals surface area contributed by atoms with Crippen LogP contribution in [0.15, 0.2) is 35.5 Å². The van der Waals surface area contributed by atoms with E-state index < -0.39 is 0 Å². The second-order valence-electron chi connectivity index (χ2n) is 3.93. The van der Waals surface area contributed by atoms with Crippen LogP contribution in [0.1, 0.15) is 28.9 Å². The van der Waals surface area contributed by atoms with Crippen molar-refractivity contribution in [3.63, 3.8) is 0 Å². The predicted molar refractivity (Wildman–Crippen MR) is 64.5 cm³/mol. The van der Waals surface area contributed by atoms with Gasteiger partial charge in [0.05, 0.1) is 11.8 Å². The van der Waals surface area contributed by atoms with Crippen LogP contribution in [-0.4, -0.2) is 29.3 Å². The van der Waals surface area contributed by atoms with Crippen molar-refractivity contribution in [3.8, 4) is 0 Å². The van der Waals surface area contributed by atoms with E-state index >= 15 is 0 Å². The van der Waals surface area contributed by atoms with Gasteiger partial charge in [0.1, 0.15) is 5.69 Å². The topological polar surface area (TPSA) is 59.4 Å². The lowest BCUT2D eigenvalue weighted by atomic mass is 9.91. The number of aliphatic imine (C=N–C) groups is 1. The van der Waals surface area contributed by atoms with E-state index in [9.17, 15) is 9.59 Å². The molecule has 4 nitrogen and oxygen atoms in total. The Kier molecular flexibility index (Phi) is 3.23. The van der Waals surface area contributed by atoms with Gasteiger partial charge in [-0.3, -0.25) is 19.6 Å². The number of allylic oxidation sites excluding steroid dienone is 1. The summed E-state index contributed by atoms with van der Waals surface area (Å²) in [7, 11) is 0. The first kappa shape index (κ1) is 11.4. The summed E-state index contributed by atoms with van der Waals surface area (Å²) in [5.74, 6) is 0.104. The summed E-state index contributed by atoms with van der Waals surface area (Å²) >= 11 is 0. The monoisotopic (exact) mass is 228 g/mol. The zero-order valence-corrected chi connectivity index (χ0v) is 9.41. The van der Waals surface area contributed by atoms with E-state index in [-0.39, 0.29) is 12.0 Å². The van der Waals surface area contributed by atoms with Gasteiger partial charge in [-0.1, -0.05) is 12.1 Å². The molecule has 0 saturated carbocycles. The molecule has 0 fully saturated rings. The zero-order valence-electron chi connectivity index (χ0n) is 9.41. The summed E-state index contributed by atoms with van der Waals surface area (Å²) in [6.45, 7) is 1.95. The molecule has 2 atom stereocenters. The largest absolute Gasteiger partial charge is 0.296 e. The lowest BCUT2D eigenvalue weighted by Crippen LogP contribution is -2.18. The smallest absolute Gasteiger partial charge is 0.168 e. The molecule has 0 saturated heterocycles. The Bertz CT molecular complexity index is 489. The number of nitrogens with zero attached hydrogens (tertiary/aromatic N) is 2. The Balaban J connectivity index is 2.24. The molecule has 1 aromatic heterocycles. The van der Waals surface area contributed by atoms with Crippen LogP contribution >= 0.6 is 0 Å². The summed E-state index contributed by atoms with van der Waals surface area (Å²) in [5, 5.41) is 0. The third-order valence-corrected chi connectivity index (χ3v) is 2.78. The fraction of sp³-hybridized carbons (Fsp3) is 0.231. The molecule has 1 aliphatic rings. The molecule has 0 bridgehead atoms. The maximum absolute atomic E-state index is 10.6. The van der Waals surface area contributed by atoms with E-state index in [0.717, 1.165) is 11.8 Å². The van der Waals surface area contributed by atoms with Gasteiger partial charge in [0, 0.05) is 12.1 Å². The van der Waals surface area contributed by atoms with Crippen molar-refractivity contribution in [1.82, 2.24) is 4.98 Å². The number of rotatable bonds is 3. The molecule has 0 radical (unpaired) electrons. The maximum atomic E-state index is 10.6. The third kappa shape index (κ3) is 2.36.